The molecule has 0 aliphatic heterocycles. The van der Waals surface area contributed by atoms with Crippen molar-refractivity contribution in [1.29, 1.82) is 0 Å². The topological polar surface area (TPSA) is 56.7 Å². The molecule has 10 aromatic rings. The molecule has 0 spiro atoms. The van der Waals surface area contributed by atoms with Crippen molar-refractivity contribution in [2.45, 2.75) is 27.7 Å². The summed E-state index contributed by atoms with van der Waals surface area (Å²) in [6, 6.07) is 35.0. The molecular weight excluding hydrogens is 822 g/mol. The van der Waals surface area contributed by atoms with Gasteiger partial charge in [0.15, 0.2) is 0 Å². The van der Waals surface area contributed by atoms with Gasteiger partial charge in [0.2, 0.25) is 0 Å². The number of aromatic nitrogens is 5. The maximum absolute atomic E-state index is 6.50. The second-order valence-corrected chi connectivity index (χ2v) is 13.4. The van der Waals surface area contributed by atoms with Crippen LogP contribution in [0.15, 0.2) is 116 Å². The van der Waals surface area contributed by atoms with Crippen molar-refractivity contribution in [3.8, 4) is 33.8 Å². The van der Waals surface area contributed by atoms with E-state index in [2.05, 4.69) is 121 Å². The molecular formula is C45H31N5OPt. The molecule has 5 heterocycles. The molecule has 0 atom stereocenters. The summed E-state index contributed by atoms with van der Waals surface area (Å²) in [6.45, 7) is 8.82. The summed E-state index contributed by atoms with van der Waals surface area (Å²) in [5.41, 5.74) is 13.7. The Bertz CT molecular complexity index is 3030. The summed E-state index contributed by atoms with van der Waals surface area (Å²) < 4.78 is 10.8. The quantitative estimate of drug-likeness (QED) is 0.131. The molecule has 0 N–H and O–H groups in total. The van der Waals surface area contributed by atoms with Crippen LogP contribution in [-0.2, 0) is 21.1 Å². The summed E-state index contributed by atoms with van der Waals surface area (Å²) in [7, 11) is 0. The minimum absolute atomic E-state index is 0. The number of rotatable bonds is 4. The van der Waals surface area contributed by atoms with Crippen LogP contribution in [0.1, 0.15) is 22.3 Å². The molecule has 5 aromatic carbocycles. The Morgan fingerprint density at radius 3 is 1.75 bits per heavy atom. The molecule has 0 amide bonds. The van der Waals surface area contributed by atoms with Crippen molar-refractivity contribution in [2.24, 2.45) is 0 Å². The van der Waals surface area contributed by atoms with E-state index in [4.69, 9.17) is 9.72 Å². The molecule has 0 saturated heterocycles. The van der Waals surface area contributed by atoms with Gasteiger partial charge in [-0.15, -0.1) is 12.1 Å². The Hall–Kier alpha value is -5.84. The normalized spacial score (nSPS) is 11.7. The van der Waals surface area contributed by atoms with Gasteiger partial charge in [-0.1, -0.05) is 94.3 Å². The number of fused-ring (bicyclic) bond motifs is 12. The fourth-order valence-corrected chi connectivity index (χ4v) is 8.11. The molecule has 52 heavy (non-hydrogen) atoms. The molecule has 7 heteroatoms. The first kappa shape index (κ1) is 32.1. The van der Waals surface area contributed by atoms with Gasteiger partial charge in [-0.05, 0) is 83.5 Å². The van der Waals surface area contributed by atoms with Gasteiger partial charge in [0.1, 0.15) is 0 Å². The minimum Gasteiger partial charge on any atom is -0.497 e. The van der Waals surface area contributed by atoms with Crippen molar-refractivity contribution in [3.05, 3.63) is 150 Å². The van der Waals surface area contributed by atoms with Crippen LogP contribution < -0.4 is 4.74 Å². The number of benzene rings is 5. The van der Waals surface area contributed by atoms with Crippen molar-refractivity contribution in [1.82, 2.24) is 23.8 Å². The van der Waals surface area contributed by atoms with Gasteiger partial charge in [-0.2, -0.15) is 0 Å². The zero-order valence-corrected chi connectivity index (χ0v) is 31.2. The van der Waals surface area contributed by atoms with Crippen LogP contribution >= 0.6 is 0 Å². The van der Waals surface area contributed by atoms with E-state index in [1.807, 2.05) is 47.4 Å². The Morgan fingerprint density at radius 2 is 1.10 bits per heavy atom. The van der Waals surface area contributed by atoms with E-state index >= 15 is 0 Å². The van der Waals surface area contributed by atoms with Crippen LogP contribution in [0.2, 0.25) is 0 Å². The monoisotopic (exact) mass is 852 g/mol. The molecule has 10 rings (SSSR count). The van der Waals surface area contributed by atoms with E-state index in [0.717, 1.165) is 54.6 Å². The van der Waals surface area contributed by atoms with E-state index in [-0.39, 0.29) is 21.1 Å². The Labute approximate surface area is 314 Å². The van der Waals surface area contributed by atoms with Crippen molar-refractivity contribution in [2.75, 3.05) is 0 Å². The molecule has 5 aromatic heterocycles. The molecule has 0 aliphatic rings. The first-order valence-corrected chi connectivity index (χ1v) is 17.1. The Kier molecular flexibility index (Phi) is 7.49. The molecule has 0 saturated carbocycles. The van der Waals surface area contributed by atoms with E-state index in [0.29, 0.717) is 11.5 Å². The van der Waals surface area contributed by atoms with Gasteiger partial charge in [0, 0.05) is 59.8 Å². The fraction of sp³-hybridized carbons (Fsp3) is 0.0889. The zero-order valence-electron chi connectivity index (χ0n) is 28.9. The predicted octanol–water partition coefficient (Wildman–Crippen LogP) is 10.9. The van der Waals surface area contributed by atoms with Crippen LogP contribution in [0.25, 0.3) is 76.9 Å². The number of hydrogen-bond donors (Lipinski definition) is 0. The summed E-state index contributed by atoms with van der Waals surface area (Å²) in [4.78, 5) is 13.9. The van der Waals surface area contributed by atoms with Gasteiger partial charge in [-0.25, -0.2) is 0 Å². The molecule has 0 fully saturated rings. The van der Waals surface area contributed by atoms with E-state index in [9.17, 15) is 0 Å². The number of imidazole rings is 2. The van der Waals surface area contributed by atoms with E-state index < -0.39 is 0 Å². The van der Waals surface area contributed by atoms with Gasteiger partial charge < -0.3 is 13.5 Å². The summed E-state index contributed by atoms with van der Waals surface area (Å²) in [6.07, 6.45) is 11.4. The number of nitrogens with zero attached hydrogens (tertiary/aromatic N) is 5. The third-order valence-electron chi connectivity index (χ3n) is 10.3. The summed E-state index contributed by atoms with van der Waals surface area (Å²) >= 11 is 0. The largest absolute Gasteiger partial charge is 2.00 e. The van der Waals surface area contributed by atoms with Gasteiger partial charge in [-0.3, -0.25) is 15.0 Å². The van der Waals surface area contributed by atoms with Crippen molar-refractivity contribution in [3.63, 3.8) is 0 Å². The first-order valence-electron chi connectivity index (χ1n) is 17.1. The second-order valence-electron chi connectivity index (χ2n) is 13.4. The molecule has 0 unspecified atom stereocenters. The second kappa shape index (κ2) is 12.1. The average Bonchev–Trinajstić information content (AvgIpc) is 3.84. The molecule has 6 nitrogen and oxygen atoms in total. The van der Waals surface area contributed by atoms with Crippen molar-refractivity contribution < 1.29 is 25.8 Å². The van der Waals surface area contributed by atoms with Gasteiger partial charge in [0.25, 0.3) is 0 Å². The van der Waals surface area contributed by atoms with Crippen LogP contribution in [0.5, 0.6) is 11.5 Å². The van der Waals surface area contributed by atoms with E-state index in [1.54, 1.807) is 6.20 Å². The maximum atomic E-state index is 6.50. The first-order chi connectivity index (χ1) is 25.0. The molecule has 0 radical (unpaired) electrons. The predicted molar refractivity (Wildman–Crippen MR) is 206 cm³/mol. The average molecular weight is 853 g/mol. The number of hydrogen-bond acceptors (Lipinski definition) is 4. The number of aryl methyl sites for hydroxylation is 4. The molecule has 252 valence electrons. The molecule has 0 aliphatic carbocycles. The minimum atomic E-state index is 0. The van der Waals surface area contributed by atoms with Gasteiger partial charge >= 0.3 is 21.1 Å². The molecule has 0 bridgehead atoms. The Balaban J connectivity index is 0.00000360. The zero-order chi connectivity index (χ0) is 34.4. The SMILES string of the molecule is Cc1cccc(C)c1-c1ccc2c3ccc(Oc4[c-]c5c(cc4)c4ccncc4n4ccnc54)[c-]c3c3nccn3c2c1-c1c(C)cccc1C.[Pt+2]. The summed E-state index contributed by atoms with van der Waals surface area (Å²) in [5.74, 6) is 1.18. The van der Waals surface area contributed by atoms with E-state index in [1.165, 1.54) is 44.5 Å². The van der Waals surface area contributed by atoms with Crippen LogP contribution in [0.4, 0.5) is 0 Å². The van der Waals surface area contributed by atoms with Gasteiger partial charge in [0.05, 0.1) is 16.8 Å². The van der Waals surface area contributed by atoms with Crippen LogP contribution in [0, 0.1) is 39.8 Å². The number of ether oxygens (including phenoxy) is 1. The van der Waals surface area contributed by atoms with Crippen molar-refractivity contribution >= 4 is 54.6 Å². The third-order valence-corrected chi connectivity index (χ3v) is 10.3. The fourth-order valence-electron chi connectivity index (χ4n) is 8.11. The number of pyridine rings is 3. The Morgan fingerprint density at radius 1 is 0.538 bits per heavy atom. The standard InChI is InChI=1S/C45H31N5O.Pt/c1-26-7-5-8-27(2)40(26)36-16-15-35-33-14-12-31(24-38(33)45-48-20-22-50(45)43(35)42(36)41-28(3)9-6-10-29(41)4)51-30-11-13-32-34-17-18-46-25-39(34)49-21-19-47-44(49)37(32)23-30;/h5-22,25H,1-4H3;/q-2;+2. The maximum Gasteiger partial charge on any atom is 2.00 e. The summed E-state index contributed by atoms with van der Waals surface area (Å²) in [5, 5.41) is 6.11. The third kappa shape index (κ3) is 4.71. The van der Waals surface area contributed by atoms with Crippen LogP contribution in [0.3, 0.4) is 0 Å². The smallest absolute Gasteiger partial charge is 0.497 e. The van der Waals surface area contributed by atoms with Crippen LogP contribution in [-0.4, -0.2) is 23.8 Å².